The van der Waals surface area contributed by atoms with Crippen LogP contribution in [0.1, 0.15) is 13.8 Å². The van der Waals surface area contributed by atoms with Crippen LogP contribution in [0.25, 0.3) is 0 Å². The molecule has 0 aromatic carbocycles. The van der Waals surface area contributed by atoms with Gasteiger partial charge in [-0.15, -0.1) is 18.2 Å². The Morgan fingerprint density at radius 2 is 2.36 bits per heavy atom. The minimum Gasteiger partial charge on any atom is -0.309 e. The first-order valence-corrected chi connectivity index (χ1v) is 6.28. The Morgan fingerprint density at radius 1 is 1.57 bits per heavy atom. The second-order valence-electron chi connectivity index (χ2n) is 4.34. The maximum absolute atomic E-state index is 5.20. The zero-order valence-electron chi connectivity index (χ0n) is 9.18. The first-order chi connectivity index (χ1) is 6.64. The van der Waals surface area contributed by atoms with E-state index in [1.807, 2.05) is 11.8 Å². The van der Waals surface area contributed by atoms with Crippen LogP contribution in [0.2, 0.25) is 0 Å². The summed E-state index contributed by atoms with van der Waals surface area (Å²) in [4.78, 5) is 2.51. The molecule has 3 heteroatoms. The highest BCUT2D eigenvalue weighted by Gasteiger charge is 2.24. The molecule has 1 saturated heterocycles. The van der Waals surface area contributed by atoms with Gasteiger partial charge in [-0.05, 0) is 13.8 Å². The molecule has 0 aromatic rings. The molecular formula is C11H20N2S. The van der Waals surface area contributed by atoms with Gasteiger partial charge in [0.2, 0.25) is 0 Å². The van der Waals surface area contributed by atoms with Crippen molar-refractivity contribution in [2.75, 3.05) is 37.7 Å². The van der Waals surface area contributed by atoms with E-state index in [1.165, 1.54) is 6.54 Å². The zero-order chi connectivity index (χ0) is 10.4. The van der Waals surface area contributed by atoms with Crippen LogP contribution >= 0.6 is 11.8 Å². The van der Waals surface area contributed by atoms with Crippen molar-refractivity contribution in [3.05, 3.63) is 0 Å². The number of rotatable bonds is 4. The summed E-state index contributed by atoms with van der Waals surface area (Å²) in [5.74, 6) is 4.65. The predicted octanol–water partition coefficient (Wildman–Crippen LogP) is 1.04. The van der Waals surface area contributed by atoms with Gasteiger partial charge in [0.1, 0.15) is 0 Å². The van der Waals surface area contributed by atoms with Crippen molar-refractivity contribution in [2.24, 2.45) is 0 Å². The van der Waals surface area contributed by atoms with Gasteiger partial charge in [-0.3, -0.25) is 4.90 Å². The highest BCUT2D eigenvalue weighted by molar-refractivity contribution is 7.99. The lowest BCUT2D eigenvalue weighted by molar-refractivity contribution is 0.163. The maximum Gasteiger partial charge on any atom is 0.0545 e. The Kier molecular flexibility index (Phi) is 4.80. The van der Waals surface area contributed by atoms with Gasteiger partial charge in [-0.25, -0.2) is 0 Å². The molecule has 0 saturated carbocycles. The highest BCUT2D eigenvalue weighted by Crippen LogP contribution is 2.10. The standard InChI is InChI=1S/C11H20N2S/c1-4-8-14-9-7-13-6-5-12-11(2,3)10-13/h1,12H,5-10H2,2-3H3. The van der Waals surface area contributed by atoms with Crippen molar-refractivity contribution in [3.8, 4) is 12.3 Å². The SMILES string of the molecule is C#CCSCCN1CCNC(C)(C)C1. The van der Waals surface area contributed by atoms with Gasteiger partial charge in [0.25, 0.3) is 0 Å². The number of hydrogen-bond acceptors (Lipinski definition) is 3. The smallest absolute Gasteiger partial charge is 0.0545 e. The number of terminal acetylenes is 1. The van der Waals surface area contributed by atoms with Crippen LogP contribution in [0.4, 0.5) is 0 Å². The first-order valence-electron chi connectivity index (χ1n) is 5.13. The second kappa shape index (κ2) is 5.65. The van der Waals surface area contributed by atoms with Gasteiger partial charge in [-0.2, -0.15) is 0 Å². The lowest BCUT2D eigenvalue weighted by Crippen LogP contribution is -2.57. The fourth-order valence-electron chi connectivity index (χ4n) is 1.76. The molecule has 2 nitrogen and oxygen atoms in total. The summed E-state index contributed by atoms with van der Waals surface area (Å²) >= 11 is 1.85. The third kappa shape index (κ3) is 4.36. The van der Waals surface area contributed by atoms with E-state index in [2.05, 4.69) is 30.0 Å². The van der Waals surface area contributed by atoms with Crippen molar-refractivity contribution in [1.82, 2.24) is 10.2 Å². The maximum atomic E-state index is 5.20. The van der Waals surface area contributed by atoms with Crippen molar-refractivity contribution < 1.29 is 0 Å². The summed E-state index contributed by atoms with van der Waals surface area (Å²) in [6.45, 7) is 9.09. The summed E-state index contributed by atoms with van der Waals surface area (Å²) in [5, 5.41) is 3.51. The van der Waals surface area contributed by atoms with Crippen molar-refractivity contribution in [2.45, 2.75) is 19.4 Å². The van der Waals surface area contributed by atoms with Gasteiger partial charge in [0, 0.05) is 37.5 Å². The molecule has 1 fully saturated rings. The second-order valence-corrected chi connectivity index (χ2v) is 5.45. The van der Waals surface area contributed by atoms with Crippen LogP contribution in [-0.2, 0) is 0 Å². The number of piperazine rings is 1. The molecule has 0 spiro atoms. The quantitative estimate of drug-likeness (QED) is 0.554. The molecule has 0 unspecified atom stereocenters. The van der Waals surface area contributed by atoms with Crippen LogP contribution in [0.3, 0.4) is 0 Å². The minimum absolute atomic E-state index is 0.273. The van der Waals surface area contributed by atoms with E-state index >= 15 is 0 Å². The summed E-state index contributed by atoms with van der Waals surface area (Å²) in [6, 6.07) is 0. The molecule has 0 aromatic heterocycles. The van der Waals surface area contributed by atoms with Crippen LogP contribution in [-0.4, -0.2) is 48.1 Å². The highest BCUT2D eigenvalue weighted by atomic mass is 32.2. The molecule has 80 valence electrons. The van der Waals surface area contributed by atoms with Crippen molar-refractivity contribution >= 4 is 11.8 Å². The normalized spacial score (nSPS) is 21.8. The van der Waals surface area contributed by atoms with E-state index in [9.17, 15) is 0 Å². The van der Waals surface area contributed by atoms with Crippen LogP contribution in [0, 0.1) is 12.3 Å². The Labute approximate surface area is 91.8 Å². The largest absolute Gasteiger partial charge is 0.309 e. The van der Waals surface area contributed by atoms with E-state index in [1.54, 1.807) is 0 Å². The number of hydrogen-bond donors (Lipinski definition) is 1. The molecule has 1 rings (SSSR count). The third-order valence-corrected chi connectivity index (χ3v) is 3.23. The molecule has 0 amide bonds. The van der Waals surface area contributed by atoms with Gasteiger partial charge in [0.05, 0.1) is 5.75 Å². The molecule has 14 heavy (non-hydrogen) atoms. The predicted molar refractivity (Wildman–Crippen MR) is 64.7 cm³/mol. The Bertz CT molecular complexity index is 208. The lowest BCUT2D eigenvalue weighted by atomic mass is 10.0. The van der Waals surface area contributed by atoms with Gasteiger partial charge in [-0.1, -0.05) is 5.92 Å². The molecule has 1 aliphatic rings. The molecule has 0 radical (unpaired) electrons. The van der Waals surface area contributed by atoms with E-state index in [0.717, 1.165) is 31.1 Å². The molecule has 0 bridgehead atoms. The molecule has 0 aliphatic carbocycles. The van der Waals surface area contributed by atoms with Gasteiger partial charge >= 0.3 is 0 Å². The Hall–Kier alpha value is -0.170. The Balaban J connectivity index is 2.15. The summed E-state index contributed by atoms with van der Waals surface area (Å²) in [7, 11) is 0. The average Bonchev–Trinajstić information content (AvgIpc) is 2.11. The van der Waals surface area contributed by atoms with E-state index in [0.29, 0.717) is 0 Å². The molecule has 1 N–H and O–H groups in total. The number of thioether (sulfide) groups is 1. The monoisotopic (exact) mass is 212 g/mol. The van der Waals surface area contributed by atoms with E-state index in [4.69, 9.17) is 6.42 Å². The molecule has 0 atom stereocenters. The summed E-state index contributed by atoms with van der Waals surface area (Å²) < 4.78 is 0. The van der Waals surface area contributed by atoms with Gasteiger partial charge < -0.3 is 5.32 Å². The van der Waals surface area contributed by atoms with Gasteiger partial charge in [0.15, 0.2) is 0 Å². The van der Waals surface area contributed by atoms with E-state index in [-0.39, 0.29) is 5.54 Å². The Morgan fingerprint density at radius 3 is 3.00 bits per heavy atom. The van der Waals surface area contributed by atoms with E-state index < -0.39 is 0 Å². The molecular weight excluding hydrogens is 192 g/mol. The minimum atomic E-state index is 0.273. The number of nitrogens with one attached hydrogen (secondary N) is 1. The fourth-order valence-corrected chi connectivity index (χ4v) is 2.41. The van der Waals surface area contributed by atoms with Crippen LogP contribution < -0.4 is 5.32 Å². The zero-order valence-corrected chi connectivity index (χ0v) is 9.99. The molecule has 1 aliphatic heterocycles. The topological polar surface area (TPSA) is 15.3 Å². The fraction of sp³-hybridized carbons (Fsp3) is 0.818. The first kappa shape index (κ1) is 11.9. The molecule has 1 heterocycles. The summed E-state index contributed by atoms with van der Waals surface area (Å²) in [5.41, 5.74) is 0.273. The average molecular weight is 212 g/mol. The summed E-state index contributed by atoms with van der Waals surface area (Å²) in [6.07, 6.45) is 5.20. The van der Waals surface area contributed by atoms with Crippen molar-refractivity contribution in [1.29, 1.82) is 0 Å². The third-order valence-electron chi connectivity index (χ3n) is 2.39. The van der Waals surface area contributed by atoms with Crippen LogP contribution in [0.15, 0.2) is 0 Å². The lowest BCUT2D eigenvalue weighted by Gasteiger charge is -2.39. The number of nitrogens with zero attached hydrogens (tertiary/aromatic N) is 1. The van der Waals surface area contributed by atoms with Crippen LogP contribution in [0.5, 0.6) is 0 Å². The van der Waals surface area contributed by atoms with Crippen molar-refractivity contribution in [3.63, 3.8) is 0 Å².